The van der Waals surface area contributed by atoms with Gasteiger partial charge in [-0.3, -0.25) is 4.79 Å². The van der Waals surface area contributed by atoms with Crippen LogP contribution in [0.4, 0.5) is 0 Å². The van der Waals surface area contributed by atoms with Crippen LogP contribution < -0.4 is 10.1 Å². The van der Waals surface area contributed by atoms with E-state index >= 15 is 0 Å². The Hall–Kier alpha value is -2.33. The van der Waals surface area contributed by atoms with Crippen molar-refractivity contribution in [2.24, 2.45) is 0 Å². The van der Waals surface area contributed by atoms with Crippen molar-refractivity contribution in [1.29, 1.82) is 0 Å². The number of hydrogen-bond acceptors (Lipinski definition) is 3. The fourth-order valence-electron chi connectivity index (χ4n) is 2.33. The van der Waals surface area contributed by atoms with Gasteiger partial charge in [-0.1, -0.05) is 30.3 Å². The minimum absolute atomic E-state index is 0.0858. The van der Waals surface area contributed by atoms with E-state index in [-0.39, 0.29) is 11.9 Å². The summed E-state index contributed by atoms with van der Waals surface area (Å²) in [5.41, 5.74) is 2.61. The molecule has 0 radical (unpaired) electrons. The van der Waals surface area contributed by atoms with Crippen LogP contribution >= 0.6 is 0 Å². The molecule has 4 heteroatoms. The van der Waals surface area contributed by atoms with Crippen molar-refractivity contribution in [3.05, 3.63) is 65.2 Å². The molecule has 2 rings (SSSR count). The zero-order valence-electron chi connectivity index (χ0n) is 14.5. The molecule has 128 valence electrons. The molecule has 0 bridgehead atoms. The van der Waals surface area contributed by atoms with Crippen molar-refractivity contribution in [2.45, 2.75) is 40.0 Å². The zero-order chi connectivity index (χ0) is 17.4. The Morgan fingerprint density at radius 1 is 1.08 bits per heavy atom. The van der Waals surface area contributed by atoms with Crippen LogP contribution in [0.1, 0.15) is 42.3 Å². The number of hydrogen-bond donors (Lipinski definition) is 1. The van der Waals surface area contributed by atoms with Crippen LogP contribution in [0.5, 0.6) is 5.75 Å². The minimum Gasteiger partial charge on any atom is -0.494 e. The van der Waals surface area contributed by atoms with Crippen molar-refractivity contribution < 1.29 is 14.3 Å². The van der Waals surface area contributed by atoms with E-state index in [1.54, 1.807) is 6.07 Å². The lowest BCUT2D eigenvalue weighted by molar-refractivity contribution is 0.0940. The number of ether oxygens (including phenoxy) is 2. The van der Waals surface area contributed by atoms with Crippen LogP contribution in [0.2, 0.25) is 0 Å². The second-order valence-corrected chi connectivity index (χ2v) is 5.86. The highest BCUT2D eigenvalue weighted by molar-refractivity contribution is 5.94. The average Bonchev–Trinajstić information content (AvgIpc) is 2.57. The summed E-state index contributed by atoms with van der Waals surface area (Å²) in [7, 11) is 0. The predicted octanol–water partition coefficient (Wildman–Crippen LogP) is 3.94. The molecule has 1 amide bonds. The average molecular weight is 327 g/mol. The van der Waals surface area contributed by atoms with E-state index in [9.17, 15) is 4.79 Å². The molecular weight excluding hydrogens is 302 g/mol. The maximum Gasteiger partial charge on any atom is 0.251 e. The number of nitrogens with one attached hydrogen (secondary N) is 1. The smallest absolute Gasteiger partial charge is 0.251 e. The van der Waals surface area contributed by atoms with E-state index in [1.807, 2.05) is 63.2 Å². The molecule has 0 aliphatic rings. The molecular formula is C20H25NO3. The Labute approximate surface area is 143 Å². The standard InChI is InChI=1S/C20H25NO3/c1-4-24-19-11-10-17(20(22)21-15(2)3)12-18(19)14-23-13-16-8-6-5-7-9-16/h5-12,15H,4,13-14H2,1-3H3,(H,21,22). The van der Waals surface area contributed by atoms with Gasteiger partial charge >= 0.3 is 0 Å². The summed E-state index contributed by atoms with van der Waals surface area (Å²) in [5.74, 6) is 0.670. The van der Waals surface area contributed by atoms with Crippen LogP contribution in [0.25, 0.3) is 0 Å². The number of carbonyl (C=O) groups is 1. The SMILES string of the molecule is CCOc1ccc(C(=O)NC(C)C)cc1COCc1ccccc1. The highest BCUT2D eigenvalue weighted by Crippen LogP contribution is 2.22. The Morgan fingerprint density at radius 3 is 2.50 bits per heavy atom. The first kappa shape index (κ1) is 18.0. The van der Waals surface area contributed by atoms with E-state index in [1.165, 1.54) is 0 Å². The van der Waals surface area contributed by atoms with Gasteiger partial charge in [-0.15, -0.1) is 0 Å². The predicted molar refractivity (Wildman–Crippen MR) is 95.1 cm³/mol. The summed E-state index contributed by atoms with van der Waals surface area (Å²) >= 11 is 0. The molecule has 0 aliphatic heterocycles. The fraction of sp³-hybridized carbons (Fsp3) is 0.350. The molecule has 2 aromatic rings. The zero-order valence-corrected chi connectivity index (χ0v) is 14.5. The second-order valence-electron chi connectivity index (χ2n) is 5.86. The van der Waals surface area contributed by atoms with Crippen LogP contribution in [-0.2, 0) is 18.0 Å². The minimum atomic E-state index is -0.0858. The van der Waals surface area contributed by atoms with Gasteiger partial charge in [0.2, 0.25) is 0 Å². The molecule has 0 spiro atoms. The van der Waals surface area contributed by atoms with E-state index in [0.717, 1.165) is 16.9 Å². The van der Waals surface area contributed by atoms with E-state index < -0.39 is 0 Å². The summed E-state index contributed by atoms with van der Waals surface area (Å²) in [6.45, 7) is 7.31. The molecule has 0 fully saturated rings. The van der Waals surface area contributed by atoms with Crippen LogP contribution in [0.3, 0.4) is 0 Å². The van der Waals surface area contributed by atoms with E-state index in [0.29, 0.717) is 25.4 Å². The fourth-order valence-corrected chi connectivity index (χ4v) is 2.33. The quantitative estimate of drug-likeness (QED) is 0.799. The van der Waals surface area contributed by atoms with Crippen LogP contribution in [-0.4, -0.2) is 18.6 Å². The molecule has 0 saturated heterocycles. The van der Waals surface area contributed by atoms with Gasteiger partial charge in [-0.25, -0.2) is 0 Å². The summed E-state index contributed by atoms with van der Waals surface area (Å²) in [4.78, 5) is 12.2. The number of amides is 1. The third-order valence-corrected chi connectivity index (χ3v) is 3.41. The molecule has 0 aliphatic carbocycles. The number of carbonyl (C=O) groups excluding carboxylic acids is 1. The second kappa shape index (κ2) is 9.08. The largest absolute Gasteiger partial charge is 0.494 e. The van der Waals surface area contributed by atoms with Gasteiger partial charge < -0.3 is 14.8 Å². The van der Waals surface area contributed by atoms with Gasteiger partial charge in [-0.2, -0.15) is 0 Å². The molecule has 0 aromatic heterocycles. The first-order valence-corrected chi connectivity index (χ1v) is 8.28. The Balaban J connectivity index is 2.08. The van der Waals surface area contributed by atoms with Gasteiger partial charge in [0.25, 0.3) is 5.91 Å². The third-order valence-electron chi connectivity index (χ3n) is 3.41. The Kier molecular flexibility index (Phi) is 6.82. The molecule has 2 aromatic carbocycles. The van der Waals surface area contributed by atoms with Crippen molar-refractivity contribution in [3.63, 3.8) is 0 Å². The Bertz CT molecular complexity index is 653. The van der Waals surface area contributed by atoms with Crippen molar-refractivity contribution in [2.75, 3.05) is 6.61 Å². The molecule has 0 unspecified atom stereocenters. The van der Waals surface area contributed by atoms with Gasteiger partial charge in [0.1, 0.15) is 5.75 Å². The molecule has 0 atom stereocenters. The van der Waals surface area contributed by atoms with Crippen molar-refractivity contribution >= 4 is 5.91 Å². The summed E-state index contributed by atoms with van der Waals surface area (Å²) in [6.07, 6.45) is 0. The normalized spacial score (nSPS) is 10.7. The van der Waals surface area contributed by atoms with Crippen LogP contribution in [0, 0.1) is 0 Å². The third kappa shape index (κ3) is 5.39. The molecule has 0 heterocycles. The van der Waals surface area contributed by atoms with Gasteiger partial charge in [0, 0.05) is 17.2 Å². The molecule has 1 N–H and O–H groups in total. The van der Waals surface area contributed by atoms with Crippen molar-refractivity contribution in [3.8, 4) is 5.75 Å². The molecule has 0 saturated carbocycles. The highest BCUT2D eigenvalue weighted by Gasteiger charge is 2.11. The van der Waals surface area contributed by atoms with Gasteiger partial charge in [-0.05, 0) is 44.5 Å². The summed E-state index contributed by atoms with van der Waals surface area (Å²) < 4.78 is 11.4. The van der Waals surface area contributed by atoms with Gasteiger partial charge in [0.15, 0.2) is 0 Å². The van der Waals surface area contributed by atoms with E-state index in [4.69, 9.17) is 9.47 Å². The van der Waals surface area contributed by atoms with Crippen LogP contribution in [0.15, 0.2) is 48.5 Å². The lowest BCUT2D eigenvalue weighted by atomic mass is 10.1. The Morgan fingerprint density at radius 2 is 1.83 bits per heavy atom. The maximum atomic E-state index is 12.2. The number of rotatable bonds is 8. The molecule has 24 heavy (non-hydrogen) atoms. The topological polar surface area (TPSA) is 47.6 Å². The monoisotopic (exact) mass is 327 g/mol. The number of benzene rings is 2. The summed E-state index contributed by atoms with van der Waals surface area (Å²) in [5, 5.41) is 2.90. The molecule has 4 nitrogen and oxygen atoms in total. The van der Waals surface area contributed by atoms with Gasteiger partial charge in [0.05, 0.1) is 19.8 Å². The first-order valence-electron chi connectivity index (χ1n) is 8.28. The maximum absolute atomic E-state index is 12.2. The summed E-state index contributed by atoms with van der Waals surface area (Å²) in [6, 6.07) is 15.6. The van der Waals surface area contributed by atoms with E-state index in [2.05, 4.69) is 5.32 Å². The first-order chi connectivity index (χ1) is 11.6. The highest BCUT2D eigenvalue weighted by atomic mass is 16.5. The van der Waals surface area contributed by atoms with Crippen molar-refractivity contribution in [1.82, 2.24) is 5.32 Å². The lowest BCUT2D eigenvalue weighted by Crippen LogP contribution is -2.30. The lowest BCUT2D eigenvalue weighted by Gasteiger charge is -2.14.